The highest BCUT2D eigenvalue weighted by molar-refractivity contribution is 5.79. The first-order valence-corrected chi connectivity index (χ1v) is 9.28. The summed E-state index contributed by atoms with van der Waals surface area (Å²) in [4.78, 5) is 7.06. The molecule has 1 aliphatic rings. The summed E-state index contributed by atoms with van der Waals surface area (Å²) >= 11 is 0. The number of aromatic nitrogens is 1. The largest absolute Gasteiger partial charge is 0.359 e. The number of likely N-dealkylation sites (N-methyl/N-ethyl adjacent to an activating group) is 1. The summed E-state index contributed by atoms with van der Waals surface area (Å²) in [5, 5.41) is 10.8. The van der Waals surface area contributed by atoms with Crippen molar-refractivity contribution in [1.29, 1.82) is 0 Å². The molecule has 0 bridgehead atoms. The van der Waals surface area contributed by atoms with E-state index >= 15 is 0 Å². The van der Waals surface area contributed by atoms with Gasteiger partial charge in [-0.25, -0.2) is 4.99 Å². The summed E-state index contributed by atoms with van der Waals surface area (Å²) in [5.74, 6) is 2.02. The second-order valence-electron chi connectivity index (χ2n) is 6.91. The molecule has 1 aliphatic carbocycles. The lowest BCUT2D eigenvalue weighted by Crippen LogP contribution is -2.42. The molecule has 1 aromatic rings. The standard InChI is InChI=1S/C18H33N5O/c1-5-19-18(20-10-11-23(4)15-8-6-7-9-15)21-13-16-12-17(14(2)3)22-24-16/h12,14-15H,5-11,13H2,1-4H3,(H2,19,20,21). The number of hydrogen-bond donors (Lipinski definition) is 2. The molecule has 6 heteroatoms. The number of aliphatic imine (C=N–C) groups is 1. The summed E-state index contributed by atoms with van der Waals surface area (Å²) < 4.78 is 5.34. The molecule has 0 aromatic carbocycles. The first-order chi connectivity index (χ1) is 11.6. The van der Waals surface area contributed by atoms with Gasteiger partial charge in [0.25, 0.3) is 0 Å². The third-order valence-electron chi connectivity index (χ3n) is 4.61. The molecule has 136 valence electrons. The minimum Gasteiger partial charge on any atom is -0.359 e. The second-order valence-corrected chi connectivity index (χ2v) is 6.91. The number of rotatable bonds is 8. The van der Waals surface area contributed by atoms with Gasteiger partial charge in [-0.15, -0.1) is 0 Å². The average molecular weight is 335 g/mol. The van der Waals surface area contributed by atoms with E-state index < -0.39 is 0 Å². The second kappa shape index (κ2) is 9.67. The molecule has 1 heterocycles. The molecule has 1 fully saturated rings. The van der Waals surface area contributed by atoms with Gasteiger partial charge >= 0.3 is 0 Å². The first-order valence-electron chi connectivity index (χ1n) is 9.28. The zero-order chi connectivity index (χ0) is 17.4. The summed E-state index contributed by atoms with van der Waals surface area (Å²) in [5.41, 5.74) is 0.983. The van der Waals surface area contributed by atoms with Gasteiger partial charge in [-0.1, -0.05) is 31.8 Å². The Morgan fingerprint density at radius 1 is 1.38 bits per heavy atom. The fourth-order valence-corrected chi connectivity index (χ4v) is 3.05. The van der Waals surface area contributed by atoms with Gasteiger partial charge in [0.1, 0.15) is 6.54 Å². The van der Waals surface area contributed by atoms with Crippen molar-refractivity contribution in [3.8, 4) is 0 Å². The topological polar surface area (TPSA) is 65.7 Å². The van der Waals surface area contributed by atoms with Crippen LogP contribution in [-0.2, 0) is 6.54 Å². The van der Waals surface area contributed by atoms with Crippen molar-refractivity contribution in [3.05, 3.63) is 17.5 Å². The third-order valence-corrected chi connectivity index (χ3v) is 4.61. The van der Waals surface area contributed by atoms with Gasteiger partial charge in [0.05, 0.1) is 5.69 Å². The van der Waals surface area contributed by atoms with Crippen LogP contribution in [0.2, 0.25) is 0 Å². The molecule has 0 atom stereocenters. The SMILES string of the molecule is CCNC(=NCc1cc(C(C)C)no1)NCCN(C)C1CCCC1. The molecule has 0 saturated heterocycles. The Kier molecular flexibility index (Phi) is 7.56. The fourth-order valence-electron chi connectivity index (χ4n) is 3.05. The monoisotopic (exact) mass is 335 g/mol. The lowest BCUT2D eigenvalue weighted by Gasteiger charge is -2.24. The molecule has 0 unspecified atom stereocenters. The van der Waals surface area contributed by atoms with Crippen LogP contribution in [-0.4, -0.2) is 48.7 Å². The van der Waals surface area contributed by atoms with E-state index in [4.69, 9.17) is 4.52 Å². The molecule has 2 rings (SSSR count). The molecule has 1 aromatic heterocycles. The first kappa shape index (κ1) is 18.8. The van der Waals surface area contributed by atoms with E-state index in [0.717, 1.165) is 43.1 Å². The van der Waals surface area contributed by atoms with Crippen molar-refractivity contribution in [2.24, 2.45) is 4.99 Å². The maximum absolute atomic E-state index is 5.34. The van der Waals surface area contributed by atoms with E-state index in [0.29, 0.717) is 12.5 Å². The molecular formula is C18H33N5O. The van der Waals surface area contributed by atoms with Crippen molar-refractivity contribution < 1.29 is 4.52 Å². The highest BCUT2D eigenvalue weighted by Gasteiger charge is 2.18. The Bertz CT molecular complexity index is 505. The van der Waals surface area contributed by atoms with Gasteiger partial charge in [0.2, 0.25) is 0 Å². The number of nitrogens with zero attached hydrogens (tertiary/aromatic N) is 3. The average Bonchev–Trinajstić information content (AvgIpc) is 3.24. The Labute approximate surface area is 146 Å². The fraction of sp³-hybridized carbons (Fsp3) is 0.778. The van der Waals surface area contributed by atoms with Gasteiger partial charge in [0.15, 0.2) is 11.7 Å². The van der Waals surface area contributed by atoms with Crippen molar-refractivity contribution in [2.75, 3.05) is 26.7 Å². The predicted molar refractivity (Wildman–Crippen MR) is 98.3 cm³/mol. The van der Waals surface area contributed by atoms with E-state index in [1.165, 1.54) is 25.7 Å². The molecular weight excluding hydrogens is 302 g/mol. The van der Waals surface area contributed by atoms with E-state index in [2.05, 4.69) is 53.5 Å². The van der Waals surface area contributed by atoms with Gasteiger partial charge in [-0.3, -0.25) is 0 Å². The zero-order valence-electron chi connectivity index (χ0n) is 15.6. The maximum atomic E-state index is 5.34. The van der Waals surface area contributed by atoms with Crippen LogP contribution in [0.4, 0.5) is 0 Å². The van der Waals surface area contributed by atoms with Crippen molar-refractivity contribution in [1.82, 2.24) is 20.7 Å². The van der Waals surface area contributed by atoms with Crippen molar-refractivity contribution >= 4 is 5.96 Å². The molecule has 0 amide bonds. The van der Waals surface area contributed by atoms with Gasteiger partial charge in [-0.05, 0) is 32.7 Å². The quantitative estimate of drug-likeness (QED) is 0.565. The van der Waals surface area contributed by atoms with Crippen LogP contribution in [0.15, 0.2) is 15.6 Å². The smallest absolute Gasteiger partial charge is 0.191 e. The molecule has 1 saturated carbocycles. The van der Waals surface area contributed by atoms with E-state index in [9.17, 15) is 0 Å². The summed E-state index contributed by atoms with van der Waals surface area (Å²) in [7, 11) is 2.23. The minimum absolute atomic E-state index is 0.379. The van der Waals surface area contributed by atoms with Crippen molar-refractivity contribution in [2.45, 2.75) is 65.0 Å². The Hall–Kier alpha value is -1.56. The highest BCUT2D eigenvalue weighted by atomic mass is 16.5. The van der Waals surface area contributed by atoms with Crippen LogP contribution in [0, 0.1) is 0 Å². The molecule has 0 radical (unpaired) electrons. The predicted octanol–water partition coefficient (Wildman–Crippen LogP) is 2.73. The Morgan fingerprint density at radius 3 is 2.75 bits per heavy atom. The van der Waals surface area contributed by atoms with E-state index in [-0.39, 0.29) is 0 Å². The molecule has 24 heavy (non-hydrogen) atoms. The number of hydrogen-bond acceptors (Lipinski definition) is 4. The van der Waals surface area contributed by atoms with Crippen LogP contribution in [0.3, 0.4) is 0 Å². The Morgan fingerprint density at radius 2 is 2.12 bits per heavy atom. The number of guanidine groups is 1. The third kappa shape index (κ3) is 5.82. The zero-order valence-corrected chi connectivity index (χ0v) is 15.6. The maximum Gasteiger partial charge on any atom is 0.191 e. The van der Waals surface area contributed by atoms with Crippen LogP contribution in [0.5, 0.6) is 0 Å². The lowest BCUT2D eigenvalue weighted by molar-refractivity contribution is 0.249. The Balaban J connectivity index is 1.79. The summed E-state index contributed by atoms with van der Waals surface area (Å²) in [6.45, 7) is 9.58. The lowest BCUT2D eigenvalue weighted by atomic mass is 10.1. The minimum atomic E-state index is 0.379. The molecule has 2 N–H and O–H groups in total. The normalized spacial score (nSPS) is 16.3. The summed E-state index contributed by atoms with van der Waals surface area (Å²) in [6, 6.07) is 2.75. The van der Waals surface area contributed by atoms with E-state index in [1.54, 1.807) is 0 Å². The van der Waals surface area contributed by atoms with Crippen LogP contribution in [0.25, 0.3) is 0 Å². The van der Waals surface area contributed by atoms with Crippen LogP contribution >= 0.6 is 0 Å². The molecule has 0 aliphatic heterocycles. The molecule has 0 spiro atoms. The number of nitrogens with one attached hydrogen (secondary N) is 2. The summed E-state index contributed by atoms with van der Waals surface area (Å²) in [6.07, 6.45) is 5.44. The highest BCUT2D eigenvalue weighted by Crippen LogP contribution is 2.21. The van der Waals surface area contributed by atoms with Gasteiger partial charge in [0, 0.05) is 31.7 Å². The van der Waals surface area contributed by atoms with Gasteiger partial charge < -0.3 is 20.1 Å². The van der Waals surface area contributed by atoms with E-state index in [1.807, 2.05) is 6.07 Å². The van der Waals surface area contributed by atoms with Gasteiger partial charge in [-0.2, -0.15) is 0 Å². The van der Waals surface area contributed by atoms with Crippen molar-refractivity contribution in [3.63, 3.8) is 0 Å². The molecule has 6 nitrogen and oxygen atoms in total. The van der Waals surface area contributed by atoms with Crippen LogP contribution in [0.1, 0.15) is 63.8 Å². The van der Waals surface area contributed by atoms with Crippen LogP contribution < -0.4 is 10.6 Å².